The van der Waals surface area contributed by atoms with Crippen LogP contribution in [0.2, 0.25) is 0 Å². The number of hydrogen-bond donors (Lipinski definition) is 0. The molecule has 1 aliphatic heterocycles. The number of hydrogen-bond acceptors (Lipinski definition) is 6. The number of anilines is 1. The summed E-state index contributed by atoms with van der Waals surface area (Å²) in [5, 5.41) is 6.74. The van der Waals surface area contributed by atoms with Crippen molar-refractivity contribution in [2.45, 2.75) is 12.5 Å². The Morgan fingerprint density at radius 2 is 1.67 bits per heavy atom. The number of ether oxygens (including phenoxy) is 3. The molecule has 0 aliphatic carbocycles. The first-order chi connectivity index (χ1) is 14.6. The van der Waals surface area contributed by atoms with Crippen molar-refractivity contribution in [2.24, 2.45) is 5.10 Å². The van der Waals surface area contributed by atoms with Crippen LogP contribution in [0.5, 0.6) is 17.2 Å². The Balaban J connectivity index is 1.80. The average Bonchev–Trinajstić information content (AvgIpc) is 3.24. The van der Waals surface area contributed by atoms with Gasteiger partial charge < -0.3 is 14.2 Å². The first-order valence-electron chi connectivity index (χ1n) is 9.47. The summed E-state index contributed by atoms with van der Waals surface area (Å²) in [5.74, 6) is 1.38. The van der Waals surface area contributed by atoms with Gasteiger partial charge in [0.2, 0.25) is 5.75 Å². The Morgan fingerprint density at radius 3 is 2.23 bits per heavy atom. The smallest absolute Gasteiger partial charge is 0.203 e. The fourth-order valence-corrected chi connectivity index (χ4v) is 3.60. The van der Waals surface area contributed by atoms with Crippen molar-refractivity contribution < 1.29 is 18.6 Å². The fourth-order valence-electron chi connectivity index (χ4n) is 3.60. The molecular weight excluding hydrogens is 385 g/mol. The first kappa shape index (κ1) is 19.7. The molecule has 6 nitrogen and oxygen atoms in total. The standard InChI is InChI=1S/C23H22FN3O3/c1-28-21-11-16(12-22(29-2)23(21)30-3)20-13-19(15-5-4-10-25-14-15)26-27(20)18-8-6-17(24)7-9-18/h4-12,14,20H,13H2,1-3H3/t20-/m0/s1. The molecule has 0 bridgehead atoms. The van der Waals surface area contributed by atoms with Crippen molar-refractivity contribution in [3.8, 4) is 17.2 Å². The van der Waals surface area contributed by atoms with E-state index in [1.165, 1.54) is 12.1 Å². The molecule has 2 aromatic carbocycles. The number of pyridine rings is 1. The molecule has 0 radical (unpaired) electrons. The van der Waals surface area contributed by atoms with E-state index in [1.54, 1.807) is 45.9 Å². The van der Waals surface area contributed by atoms with Crippen molar-refractivity contribution in [2.75, 3.05) is 26.3 Å². The summed E-state index contributed by atoms with van der Waals surface area (Å²) in [7, 11) is 4.75. The van der Waals surface area contributed by atoms with Gasteiger partial charge >= 0.3 is 0 Å². The van der Waals surface area contributed by atoms with Crippen LogP contribution in [0.25, 0.3) is 0 Å². The van der Waals surface area contributed by atoms with Gasteiger partial charge in [0, 0.05) is 24.4 Å². The molecule has 0 unspecified atom stereocenters. The number of benzene rings is 2. The summed E-state index contributed by atoms with van der Waals surface area (Å²) in [6.07, 6.45) is 4.16. The summed E-state index contributed by atoms with van der Waals surface area (Å²) in [4.78, 5) is 4.21. The van der Waals surface area contributed by atoms with Crippen molar-refractivity contribution >= 4 is 11.4 Å². The molecule has 2 heterocycles. The van der Waals surface area contributed by atoms with Crippen LogP contribution in [0.15, 0.2) is 66.0 Å². The summed E-state index contributed by atoms with van der Waals surface area (Å²) >= 11 is 0. The highest BCUT2D eigenvalue weighted by molar-refractivity contribution is 6.03. The highest BCUT2D eigenvalue weighted by Gasteiger charge is 2.31. The summed E-state index contributed by atoms with van der Waals surface area (Å²) < 4.78 is 30.0. The van der Waals surface area contributed by atoms with Crippen LogP contribution in [-0.2, 0) is 0 Å². The summed E-state index contributed by atoms with van der Waals surface area (Å²) in [6.45, 7) is 0. The molecule has 3 aromatic rings. The molecule has 0 fully saturated rings. The quantitative estimate of drug-likeness (QED) is 0.598. The lowest BCUT2D eigenvalue weighted by atomic mass is 9.98. The van der Waals surface area contributed by atoms with Gasteiger partial charge in [-0.15, -0.1) is 0 Å². The second-order valence-corrected chi connectivity index (χ2v) is 6.79. The predicted octanol–water partition coefficient (Wildman–Crippen LogP) is 4.60. The van der Waals surface area contributed by atoms with Gasteiger partial charge in [-0.05, 0) is 48.0 Å². The second kappa shape index (κ2) is 8.41. The molecule has 0 saturated heterocycles. The van der Waals surface area contributed by atoms with Crippen molar-refractivity contribution in [3.63, 3.8) is 0 Å². The van der Waals surface area contributed by atoms with E-state index in [9.17, 15) is 4.39 Å². The molecule has 1 aliphatic rings. The molecule has 0 N–H and O–H groups in total. The molecule has 0 saturated carbocycles. The van der Waals surface area contributed by atoms with Gasteiger partial charge in [0.1, 0.15) is 5.82 Å². The Hall–Kier alpha value is -3.61. The third-order valence-electron chi connectivity index (χ3n) is 5.07. The van der Waals surface area contributed by atoms with E-state index in [-0.39, 0.29) is 11.9 Å². The summed E-state index contributed by atoms with van der Waals surface area (Å²) in [5.41, 5.74) is 3.57. The first-order valence-corrected chi connectivity index (χ1v) is 9.47. The molecule has 1 atom stereocenters. The SMILES string of the molecule is COc1cc([C@@H]2CC(c3cccnc3)=NN2c2ccc(F)cc2)cc(OC)c1OC. The zero-order chi connectivity index (χ0) is 21.1. The third-order valence-corrected chi connectivity index (χ3v) is 5.07. The Morgan fingerprint density at radius 1 is 0.967 bits per heavy atom. The highest BCUT2D eigenvalue weighted by atomic mass is 19.1. The Labute approximate surface area is 174 Å². The normalized spacial score (nSPS) is 15.7. The lowest BCUT2D eigenvalue weighted by Gasteiger charge is -2.25. The van der Waals surface area contributed by atoms with E-state index in [0.29, 0.717) is 23.7 Å². The van der Waals surface area contributed by atoms with Crippen molar-refractivity contribution in [1.82, 2.24) is 4.98 Å². The van der Waals surface area contributed by atoms with E-state index >= 15 is 0 Å². The monoisotopic (exact) mass is 407 g/mol. The zero-order valence-electron chi connectivity index (χ0n) is 17.0. The third kappa shape index (κ3) is 3.66. The number of rotatable bonds is 6. The Kier molecular flexibility index (Phi) is 5.52. The van der Waals surface area contributed by atoms with Gasteiger partial charge in [0.25, 0.3) is 0 Å². The van der Waals surface area contributed by atoms with E-state index < -0.39 is 0 Å². The van der Waals surface area contributed by atoms with Crippen LogP contribution in [0.1, 0.15) is 23.6 Å². The maximum atomic E-state index is 13.5. The van der Waals surface area contributed by atoms with E-state index in [2.05, 4.69) is 4.98 Å². The van der Waals surface area contributed by atoms with Gasteiger partial charge in [0.15, 0.2) is 11.5 Å². The lowest BCUT2D eigenvalue weighted by molar-refractivity contribution is 0.323. The Bertz CT molecular complexity index is 1030. The minimum atomic E-state index is -0.293. The van der Waals surface area contributed by atoms with Gasteiger partial charge in [-0.1, -0.05) is 6.07 Å². The summed E-state index contributed by atoms with van der Waals surface area (Å²) in [6, 6.07) is 13.9. The fraction of sp³-hybridized carbons (Fsp3) is 0.217. The number of methoxy groups -OCH3 is 3. The van der Waals surface area contributed by atoms with Gasteiger partial charge in [-0.25, -0.2) is 4.39 Å². The minimum absolute atomic E-state index is 0.139. The van der Waals surface area contributed by atoms with Crippen molar-refractivity contribution in [1.29, 1.82) is 0 Å². The van der Waals surface area contributed by atoms with Crippen LogP contribution in [0.3, 0.4) is 0 Å². The number of aromatic nitrogens is 1. The van der Waals surface area contributed by atoms with Crippen LogP contribution in [-0.4, -0.2) is 32.0 Å². The second-order valence-electron chi connectivity index (χ2n) is 6.79. The van der Waals surface area contributed by atoms with E-state index in [1.807, 2.05) is 29.3 Å². The predicted molar refractivity (Wildman–Crippen MR) is 113 cm³/mol. The highest BCUT2D eigenvalue weighted by Crippen LogP contribution is 2.44. The molecule has 30 heavy (non-hydrogen) atoms. The van der Waals surface area contributed by atoms with Crippen LogP contribution >= 0.6 is 0 Å². The van der Waals surface area contributed by atoms with E-state index in [4.69, 9.17) is 19.3 Å². The minimum Gasteiger partial charge on any atom is -0.493 e. The number of halogens is 1. The van der Waals surface area contributed by atoms with Gasteiger partial charge in [0.05, 0.1) is 38.8 Å². The van der Waals surface area contributed by atoms with Gasteiger partial charge in [-0.2, -0.15) is 5.10 Å². The number of hydrazone groups is 1. The van der Waals surface area contributed by atoms with Crippen molar-refractivity contribution in [3.05, 3.63) is 77.9 Å². The molecular formula is C23H22FN3O3. The van der Waals surface area contributed by atoms with E-state index in [0.717, 1.165) is 22.5 Å². The molecule has 154 valence electrons. The van der Waals surface area contributed by atoms with Crippen LogP contribution in [0, 0.1) is 5.82 Å². The molecule has 1 aromatic heterocycles. The largest absolute Gasteiger partial charge is 0.493 e. The maximum Gasteiger partial charge on any atom is 0.203 e. The number of nitrogens with zero attached hydrogens (tertiary/aromatic N) is 3. The molecule has 0 amide bonds. The lowest BCUT2D eigenvalue weighted by Crippen LogP contribution is -2.18. The van der Waals surface area contributed by atoms with Crippen LogP contribution in [0.4, 0.5) is 10.1 Å². The average molecular weight is 407 g/mol. The molecule has 0 spiro atoms. The maximum absolute atomic E-state index is 13.5. The van der Waals surface area contributed by atoms with Gasteiger partial charge in [-0.3, -0.25) is 9.99 Å². The zero-order valence-corrected chi connectivity index (χ0v) is 17.0. The molecule has 7 heteroatoms. The topological polar surface area (TPSA) is 56.2 Å². The molecule has 4 rings (SSSR count). The van der Waals surface area contributed by atoms with Crippen LogP contribution < -0.4 is 19.2 Å².